The minimum Gasteiger partial charge on any atom is -0.388 e. The Morgan fingerprint density at radius 2 is 1.53 bits per heavy atom. The van der Waals surface area contributed by atoms with Crippen molar-refractivity contribution in [2.45, 2.75) is 6.92 Å². The Labute approximate surface area is 99.7 Å². The molecule has 0 aromatic heterocycles. The first-order chi connectivity index (χ1) is 8.19. The standard InChI is InChI=1S/C13H14N2O2/c1-3-15-9-5-4-8(14-2)12-10(16)6-7-11(17)13(9)12/h4-7,14-15H,3H2,1-2H3. The van der Waals surface area contributed by atoms with Gasteiger partial charge in [0.25, 0.3) is 0 Å². The van der Waals surface area contributed by atoms with Crippen molar-refractivity contribution in [3.05, 3.63) is 35.4 Å². The van der Waals surface area contributed by atoms with Gasteiger partial charge in [-0.25, -0.2) is 0 Å². The maximum absolute atomic E-state index is 11.9. The Balaban J connectivity index is 2.68. The van der Waals surface area contributed by atoms with E-state index in [1.165, 1.54) is 12.2 Å². The van der Waals surface area contributed by atoms with Crippen molar-refractivity contribution in [2.75, 3.05) is 24.2 Å². The summed E-state index contributed by atoms with van der Waals surface area (Å²) >= 11 is 0. The van der Waals surface area contributed by atoms with Crippen molar-refractivity contribution in [1.82, 2.24) is 0 Å². The van der Waals surface area contributed by atoms with Gasteiger partial charge < -0.3 is 10.6 Å². The molecule has 4 heteroatoms. The first kappa shape index (κ1) is 11.4. The summed E-state index contributed by atoms with van der Waals surface area (Å²) in [4.78, 5) is 23.7. The van der Waals surface area contributed by atoms with Crippen LogP contribution in [0.4, 0.5) is 11.4 Å². The number of carbonyl (C=O) groups is 2. The van der Waals surface area contributed by atoms with Crippen LogP contribution in [0.15, 0.2) is 24.3 Å². The highest BCUT2D eigenvalue weighted by Crippen LogP contribution is 2.30. The second kappa shape index (κ2) is 4.41. The summed E-state index contributed by atoms with van der Waals surface area (Å²) in [6.45, 7) is 2.65. The molecule has 0 aliphatic heterocycles. The molecule has 0 atom stereocenters. The predicted molar refractivity (Wildman–Crippen MR) is 68.0 cm³/mol. The largest absolute Gasteiger partial charge is 0.388 e. The average Bonchev–Trinajstić information content (AvgIpc) is 2.34. The lowest BCUT2D eigenvalue weighted by Crippen LogP contribution is -2.17. The van der Waals surface area contributed by atoms with Crippen LogP contribution in [0, 0.1) is 0 Å². The van der Waals surface area contributed by atoms with E-state index in [2.05, 4.69) is 10.6 Å². The van der Waals surface area contributed by atoms with Gasteiger partial charge in [0.15, 0.2) is 11.6 Å². The molecule has 88 valence electrons. The van der Waals surface area contributed by atoms with E-state index in [4.69, 9.17) is 0 Å². The number of ketones is 2. The number of benzene rings is 1. The summed E-state index contributed by atoms with van der Waals surface area (Å²) in [5.41, 5.74) is 2.32. The van der Waals surface area contributed by atoms with Gasteiger partial charge in [-0.2, -0.15) is 0 Å². The number of rotatable bonds is 3. The third kappa shape index (κ3) is 1.82. The van der Waals surface area contributed by atoms with Crippen LogP contribution in [0.5, 0.6) is 0 Å². The molecular formula is C13H14N2O2. The molecule has 0 saturated heterocycles. The lowest BCUT2D eigenvalue weighted by atomic mass is 9.91. The van der Waals surface area contributed by atoms with E-state index in [0.717, 1.165) is 0 Å². The van der Waals surface area contributed by atoms with Gasteiger partial charge >= 0.3 is 0 Å². The van der Waals surface area contributed by atoms with Gasteiger partial charge in [0, 0.05) is 25.0 Å². The number of anilines is 2. The first-order valence-corrected chi connectivity index (χ1v) is 5.54. The number of fused-ring (bicyclic) bond motifs is 1. The van der Waals surface area contributed by atoms with Crippen molar-refractivity contribution < 1.29 is 9.59 Å². The van der Waals surface area contributed by atoms with Crippen LogP contribution in [0.2, 0.25) is 0 Å². The fraction of sp³-hybridized carbons (Fsp3) is 0.231. The van der Waals surface area contributed by atoms with E-state index in [-0.39, 0.29) is 11.6 Å². The number of nitrogens with one attached hydrogen (secondary N) is 2. The molecule has 17 heavy (non-hydrogen) atoms. The predicted octanol–water partition coefficient (Wildman–Crippen LogP) is 2.10. The van der Waals surface area contributed by atoms with Crippen molar-refractivity contribution in [3.8, 4) is 0 Å². The molecule has 2 N–H and O–H groups in total. The summed E-state index contributed by atoms with van der Waals surface area (Å²) in [5.74, 6) is -0.267. The summed E-state index contributed by atoms with van der Waals surface area (Å²) in [6, 6.07) is 3.62. The highest BCUT2D eigenvalue weighted by atomic mass is 16.1. The number of allylic oxidation sites excluding steroid dienone is 2. The summed E-state index contributed by atoms with van der Waals surface area (Å²) in [6.07, 6.45) is 2.65. The fourth-order valence-electron chi connectivity index (χ4n) is 1.98. The van der Waals surface area contributed by atoms with Crippen LogP contribution < -0.4 is 10.6 Å². The van der Waals surface area contributed by atoms with Gasteiger partial charge in [0.2, 0.25) is 0 Å². The number of hydrogen-bond donors (Lipinski definition) is 2. The van der Waals surface area contributed by atoms with Gasteiger partial charge in [-0.05, 0) is 31.2 Å². The molecule has 0 bridgehead atoms. The topological polar surface area (TPSA) is 58.2 Å². The van der Waals surface area contributed by atoms with Crippen LogP contribution in [-0.2, 0) is 0 Å². The van der Waals surface area contributed by atoms with Crippen molar-refractivity contribution in [3.63, 3.8) is 0 Å². The van der Waals surface area contributed by atoms with Gasteiger partial charge in [-0.3, -0.25) is 9.59 Å². The van der Waals surface area contributed by atoms with Gasteiger partial charge in [-0.15, -0.1) is 0 Å². The smallest absolute Gasteiger partial charge is 0.188 e. The lowest BCUT2D eigenvalue weighted by molar-refractivity contribution is 0.0995. The van der Waals surface area contributed by atoms with Gasteiger partial charge in [0.1, 0.15) is 0 Å². The molecule has 1 aromatic rings. The molecule has 1 aromatic carbocycles. The highest BCUT2D eigenvalue weighted by molar-refractivity contribution is 6.26. The Kier molecular flexibility index (Phi) is 2.95. The normalized spacial score (nSPS) is 13.5. The lowest BCUT2D eigenvalue weighted by Gasteiger charge is -2.18. The molecule has 4 nitrogen and oxygen atoms in total. The minimum atomic E-state index is -0.135. The molecule has 0 heterocycles. The van der Waals surface area contributed by atoms with E-state index >= 15 is 0 Å². The van der Waals surface area contributed by atoms with Gasteiger partial charge in [-0.1, -0.05) is 0 Å². The molecule has 2 rings (SSSR count). The van der Waals surface area contributed by atoms with E-state index in [1.54, 1.807) is 13.1 Å². The molecule has 0 unspecified atom stereocenters. The summed E-state index contributed by atoms with van der Waals surface area (Å²) in [7, 11) is 1.73. The van der Waals surface area contributed by atoms with E-state index in [9.17, 15) is 9.59 Å². The minimum absolute atomic E-state index is 0.132. The molecule has 0 fully saturated rings. The molecule has 0 amide bonds. The molecule has 0 saturated carbocycles. The molecular weight excluding hydrogens is 216 g/mol. The Morgan fingerprint density at radius 1 is 1.00 bits per heavy atom. The summed E-state index contributed by atoms with van der Waals surface area (Å²) < 4.78 is 0. The van der Waals surface area contributed by atoms with Crippen LogP contribution in [0.1, 0.15) is 27.6 Å². The maximum Gasteiger partial charge on any atom is 0.188 e. The Morgan fingerprint density at radius 3 is 2.06 bits per heavy atom. The zero-order chi connectivity index (χ0) is 12.4. The van der Waals surface area contributed by atoms with E-state index < -0.39 is 0 Å². The zero-order valence-electron chi connectivity index (χ0n) is 9.83. The van der Waals surface area contributed by atoms with Crippen LogP contribution >= 0.6 is 0 Å². The number of carbonyl (C=O) groups excluding carboxylic acids is 2. The second-order valence-corrected chi connectivity index (χ2v) is 3.75. The first-order valence-electron chi connectivity index (χ1n) is 5.54. The van der Waals surface area contributed by atoms with E-state index in [1.807, 2.05) is 13.0 Å². The van der Waals surface area contributed by atoms with E-state index in [0.29, 0.717) is 29.0 Å². The fourth-order valence-corrected chi connectivity index (χ4v) is 1.98. The van der Waals surface area contributed by atoms with Crippen molar-refractivity contribution in [1.29, 1.82) is 0 Å². The van der Waals surface area contributed by atoms with Crippen molar-refractivity contribution >= 4 is 22.9 Å². The molecule has 0 spiro atoms. The Bertz CT molecular complexity index is 518. The molecule has 0 radical (unpaired) electrons. The molecule has 1 aliphatic carbocycles. The van der Waals surface area contributed by atoms with Crippen LogP contribution in [0.3, 0.4) is 0 Å². The Hall–Kier alpha value is -2.10. The monoisotopic (exact) mass is 230 g/mol. The summed E-state index contributed by atoms with van der Waals surface area (Å²) in [5, 5.41) is 6.04. The maximum atomic E-state index is 11.9. The SMILES string of the molecule is CCNc1ccc(NC)c2c1C(=O)C=CC2=O. The van der Waals surface area contributed by atoms with Crippen LogP contribution in [-0.4, -0.2) is 25.2 Å². The van der Waals surface area contributed by atoms with Crippen molar-refractivity contribution in [2.24, 2.45) is 0 Å². The second-order valence-electron chi connectivity index (χ2n) is 3.75. The zero-order valence-corrected chi connectivity index (χ0v) is 9.83. The van der Waals surface area contributed by atoms with Crippen LogP contribution in [0.25, 0.3) is 0 Å². The third-order valence-corrected chi connectivity index (χ3v) is 2.72. The highest BCUT2D eigenvalue weighted by Gasteiger charge is 2.25. The van der Waals surface area contributed by atoms with Gasteiger partial charge in [0.05, 0.1) is 11.1 Å². The molecule has 1 aliphatic rings. The third-order valence-electron chi connectivity index (χ3n) is 2.72. The average molecular weight is 230 g/mol. The quantitative estimate of drug-likeness (QED) is 0.834. The number of hydrogen-bond acceptors (Lipinski definition) is 4.